The van der Waals surface area contributed by atoms with Gasteiger partial charge in [-0.25, -0.2) is 9.59 Å². The van der Waals surface area contributed by atoms with E-state index in [1.807, 2.05) is 152 Å². The van der Waals surface area contributed by atoms with E-state index >= 15 is 0 Å². The molecule has 0 bridgehead atoms. The van der Waals surface area contributed by atoms with E-state index in [2.05, 4.69) is 4.98 Å². The third-order valence-corrected chi connectivity index (χ3v) is 11.8. The van der Waals surface area contributed by atoms with Gasteiger partial charge in [0.05, 0.1) is 39.6 Å². The third kappa shape index (κ3) is 10.7. The highest BCUT2D eigenvalue weighted by atomic mass is 16.6. The molecule has 1 fully saturated rings. The minimum Gasteiger partial charge on any atom is -0.497 e. The lowest BCUT2D eigenvalue weighted by Crippen LogP contribution is -2.39. The van der Waals surface area contributed by atoms with Gasteiger partial charge in [-0.15, -0.1) is 0 Å². The van der Waals surface area contributed by atoms with Crippen LogP contribution in [0.5, 0.6) is 11.5 Å². The highest BCUT2D eigenvalue weighted by Gasteiger charge is 2.44. The van der Waals surface area contributed by atoms with E-state index < -0.39 is 41.3 Å². The van der Waals surface area contributed by atoms with Gasteiger partial charge in [-0.05, 0) is 89.0 Å². The van der Waals surface area contributed by atoms with Gasteiger partial charge in [0.2, 0.25) is 0 Å². The Balaban J connectivity index is 1.09. The first-order valence-corrected chi connectivity index (χ1v) is 21.8. The predicted octanol–water partition coefficient (Wildman–Crippen LogP) is 8.62. The number of esters is 1. The smallest absolute Gasteiger partial charge is 0.338 e. The Morgan fingerprint density at radius 2 is 1.22 bits per heavy atom. The van der Waals surface area contributed by atoms with Crippen molar-refractivity contribution in [3.05, 3.63) is 235 Å². The fourth-order valence-electron chi connectivity index (χ4n) is 8.24. The van der Waals surface area contributed by atoms with Crippen LogP contribution in [0.25, 0.3) is 0 Å². The average molecular weight is 873 g/mol. The van der Waals surface area contributed by atoms with Crippen LogP contribution in [-0.4, -0.2) is 55.2 Å². The Morgan fingerprint density at radius 1 is 0.662 bits per heavy atom. The van der Waals surface area contributed by atoms with Gasteiger partial charge >= 0.3 is 11.7 Å². The lowest BCUT2D eigenvalue weighted by Gasteiger charge is -2.37. The third-order valence-electron chi connectivity index (χ3n) is 11.8. The fraction of sp³-hybridized carbons (Fsp3) is 0.241. The van der Waals surface area contributed by atoms with Gasteiger partial charge in [-0.3, -0.25) is 14.3 Å². The molecule has 1 aliphatic heterocycles. The Hall–Kier alpha value is -7.05. The summed E-state index contributed by atoms with van der Waals surface area (Å²) in [4.78, 5) is 43.1. The van der Waals surface area contributed by atoms with Crippen molar-refractivity contribution in [3.63, 3.8) is 0 Å². The first kappa shape index (κ1) is 44.6. The summed E-state index contributed by atoms with van der Waals surface area (Å²) in [6.45, 7) is 0.979. The molecule has 7 aromatic rings. The van der Waals surface area contributed by atoms with Crippen LogP contribution in [0.2, 0.25) is 0 Å². The molecule has 0 amide bonds. The number of rotatable bonds is 19. The molecule has 0 radical (unpaired) electrons. The number of hydrogen-bond acceptors (Lipinski definition) is 9. The van der Waals surface area contributed by atoms with Crippen molar-refractivity contribution < 1.29 is 33.2 Å². The van der Waals surface area contributed by atoms with Gasteiger partial charge in [0.15, 0.2) is 0 Å². The fourth-order valence-corrected chi connectivity index (χ4v) is 8.24. The summed E-state index contributed by atoms with van der Waals surface area (Å²) in [6, 6.07) is 52.3. The van der Waals surface area contributed by atoms with E-state index in [9.17, 15) is 14.4 Å². The van der Waals surface area contributed by atoms with Crippen molar-refractivity contribution >= 4 is 5.97 Å². The molecule has 3 atom stereocenters. The first-order chi connectivity index (χ1) is 31.8. The van der Waals surface area contributed by atoms with Gasteiger partial charge in [0, 0.05) is 18.2 Å². The molecule has 0 unspecified atom stereocenters. The minimum absolute atomic E-state index is 0.0672. The second kappa shape index (κ2) is 21.1. The summed E-state index contributed by atoms with van der Waals surface area (Å²) >= 11 is 0. The Bertz CT molecular complexity index is 2670. The van der Waals surface area contributed by atoms with E-state index in [0.29, 0.717) is 55.1 Å². The van der Waals surface area contributed by atoms with E-state index in [0.717, 1.165) is 33.4 Å². The van der Waals surface area contributed by atoms with Crippen LogP contribution in [0.1, 0.15) is 62.0 Å². The number of nitrogens with one attached hydrogen (secondary N) is 1. The molecule has 332 valence electrons. The number of ether oxygens (including phenoxy) is 6. The van der Waals surface area contributed by atoms with Crippen molar-refractivity contribution in [3.8, 4) is 11.5 Å². The van der Waals surface area contributed by atoms with Gasteiger partial charge in [0.1, 0.15) is 35.5 Å². The molecule has 0 spiro atoms. The maximum atomic E-state index is 14.0. The number of hydrogen-bond donors (Lipinski definition) is 1. The summed E-state index contributed by atoms with van der Waals surface area (Å²) in [5.74, 6) is 0.810. The van der Waals surface area contributed by atoms with Gasteiger partial charge < -0.3 is 28.4 Å². The van der Waals surface area contributed by atoms with Crippen LogP contribution in [0.4, 0.5) is 0 Å². The zero-order valence-corrected chi connectivity index (χ0v) is 36.5. The number of carbonyl (C=O) groups is 1. The molecule has 1 aliphatic rings. The van der Waals surface area contributed by atoms with E-state index in [1.54, 1.807) is 32.5 Å². The normalized spacial score (nSPS) is 15.9. The van der Waals surface area contributed by atoms with Crippen LogP contribution in [0.3, 0.4) is 0 Å². The standard InChI is InChI=1S/C54H52N2O9/c1-60-46-28-24-44(25-29-46)54(43-16-10-5-11-17-43,45-26-30-47(61-2)31-27-45)63-37-49-48(65-52(58)41-21-18-39(19-22-41)32-33-62-36-40-14-8-4-9-15-40)34-50(64-49)56-35-42(51(57)55-53(56)59)23-20-38-12-6-3-7-13-38/h3-19,21-22,24-31,35,48-50H,20,23,32-34,36-37H2,1-2H3,(H,55,57,59)/t48-,49+,50+/m0/s1. The number of aromatic nitrogens is 2. The average Bonchev–Trinajstić information content (AvgIpc) is 3.75. The molecule has 11 heteroatoms. The molecule has 8 rings (SSSR count). The molecule has 6 aromatic carbocycles. The highest BCUT2D eigenvalue weighted by Crippen LogP contribution is 2.43. The van der Waals surface area contributed by atoms with Crippen LogP contribution in [0, 0.1) is 0 Å². The summed E-state index contributed by atoms with van der Waals surface area (Å²) < 4.78 is 38.6. The Labute approximate surface area is 378 Å². The maximum Gasteiger partial charge on any atom is 0.338 e. The Kier molecular flexibility index (Phi) is 14.5. The number of nitrogens with zero attached hydrogens (tertiary/aromatic N) is 1. The van der Waals surface area contributed by atoms with Crippen molar-refractivity contribution in [2.45, 2.75) is 56.3 Å². The molecule has 0 saturated carbocycles. The molecule has 11 nitrogen and oxygen atoms in total. The monoisotopic (exact) mass is 872 g/mol. The summed E-state index contributed by atoms with van der Waals surface area (Å²) in [7, 11) is 3.23. The van der Waals surface area contributed by atoms with E-state index in [4.69, 9.17) is 28.4 Å². The van der Waals surface area contributed by atoms with Crippen molar-refractivity contribution in [2.24, 2.45) is 0 Å². The van der Waals surface area contributed by atoms with Gasteiger partial charge in [-0.1, -0.05) is 127 Å². The van der Waals surface area contributed by atoms with Crippen molar-refractivity contribution in [2.75, 3.05) is 27.4 Å². The second-order valence-corrected chi connectivity index (χ2v) is 15.9. The maximum absolute atomic E-state index is 14.0. The molecule has 1 aromatic heterocycles. The highest BCUT2D eigenvalue weighted by molar-refractivity contribution is 5.89. The van der Waals surface area contributed by atoms with E-state index in [1.165, 1.54) is 4.57 Å². The zero-order valence-electron chi connectivity index (χ0n) is 36.5. The molecule has 1 N–H and O–H groups in total. The lowest BCUT2D eigenvalue weighted by atomic mass is 9.80. The minimum atomic E-state index is -1.20. The second-order valence-electron chi connectivity index (χ2n) is 15.9. The Morgan fingerprint density at radius 3 is 1.82 bits per heavy atom. The SMILES string of the molecule is COc1ccc(C(OC[C@H]2O[C@@H](n3cc(CCc4ccccc4)c(=O)[nH]c3=O)C[C@@H]2OC(=O)c2ccc(CCOCc3ccccc3)cc2)(c2ccccc2)c2ccc(OC)cc2)cc1. The van der Waals surface area contributed by atoms with Crippen LogP contribution in [-0.2, 0) is 50.4 Å². The molecular weight excluding hydrogens is 821 g/mol. The molecule has 2 heterocycles. The van der Waals surface area contributed by atoms with Crippen LogP contribution < -0.4 is 20.7 Å². The van der Waals surface area contributed by atoms with Gasteiger partial charge in [-0.2, -0.15) is 0 Å². The number of carbonyl (C=O) groups excluding carboxylic acids is 1. The number of methoxy groups -OCH3 is 2. The zero-order chi connectivity index (χ0) is 45.0. The largest absolute Gasteiger partial charge is 0.497 e. The number of H-pyrrole nitrogens is 1. The summed E-state index contributed by atoms with van der Waals surface area (Å²) in [5, 5.41) is 0. The molecular formula is C54H52N2O9. The van der Waals surface area contributed by atoms with Crippen LogP contribution in [0.15, 0.2) is 180 Å². The molecule has 65 heavy (non-hydrogen) atoms. The van der Waals surface area contributed by atoms with Crippen molar-refractivity contribution in [1.82, 2.24) is 9.55 Å². The number of aryl methyl sites for hydroxylation is 2. The van der Waals surface area contributed by atoms with Crippen molar-refractivity contribution in [1.29, 1.82) is 0 Å². The predicted molar refractivity (Wildman–Crippen MR) is 247 cm³/mol. The number of benzene rings is 6. The summed E-state index contributed by atoms with van der Waals surface area (Å²) in [6.07, 6.45) is 0.741. The topological polar surface area (TPSA) is 127 Å². The molecule has 0 aliphatic carbocycles. The number of aromatic amines is 1. The summed E-state index contributed by atoms with van der Waals surface area (Å²) in [5.41, 5.74) is 4.14. The van der Waals surface area contributed by atoms with E-state index in [-0.39, 0.29) is 13.0 Å². The van der Waals surface area contributed by atoms with Gasteiger partial charge in [0.25, 0.3) is 5.56 Å². The first-order valence-electron chi connectivity index (χ1n) is 21.8. The quantitative estimate of drug-likeness (QED) is 0.0483. The van der Waals surface area contributed by atoms with Crippen LogP contribution >= 0.6 is 0 Å². The lowest BCUT2D eigenvalue weighted by molar-refractivity contribution is -0.0967. The molecule has 1 saturated heterocycles.